The molecule has 1 atom stereocenters. The fourth-order valence-electron chi connectivity index (χ4n) is 3.41. The maximum absolute atomic E-state index is 5.66. The molecule has 0 saturated carbocycles. The van der Waals surface area contributed by atoms with Crippen LogP contribution >= 0.6 is 16.3 Å². The first-order valence-electron chi connectivity index (χ1n) is 9.00. The molecule has 0 saturated heterocycles. The van der Waals surface area contributed by atoms with E-state index in [4.69, 9.17) is 9.05 Å². The third-order valence-corrected chi connectivity index (χ3v) is 8.67. The number of hydrogen-bond donors (Lipinski definition) is 0. The van der Waals surface area contributed by atoms with E-state index in [0.717, 1.165) is 6.54 Å². The summed E-state index contributed by atoms with van der Waals surface area (Å²) in [6.45, 7) is 0.946. The van der Waals surface area contributed by atoms with Crippen molar-refractivity contribution in [1.29, 1.82) is 0 Å². The van der Waals surface area contributed by atoms with Crippen molar-refractivity contribution in [2.24, 2.45) is 5.92 Å². The molecular formula is C22H27NO2P2. The summed E-state index contributed by atoms with van der Waals surface area (Å²) >= 11 is 0. The topological polar surface area (TPSA) is 21.7 Å². The summed E-state index contributed by atoms with van der Waals surface area (Å²) in [6.07, 6.45) is 4.53. The Balaban J connectivity index is 2.03. The summed E-state index contributed by atoms with van der Waals surface area (Å²) in [7, 11) is 6.10. The molecule has 0 aliphatic heterocycles. The minimum Gasteiger partial charge on any atom is -0.334 e. The van der Waals surface area contributed by atoms with Crippen LogP contribution in [-0.2, 0) is 9.05 Å². The van der Waals surface area contributed by atoms with Crippen molar-refractivity contribution in [3.05, 3.63) is 83.4 Å². The van der Waals surface area contributed by atoms with E-state index < -0.39 is 16.3 Å². The van der Waals surface area contributed by atoms with E-state index in [1.807, 2.05) is 0 Å². The van der Waals surface area contributed by atoms with Gasteiger partial charge in [0.15, 0.2) is 0 Å². The van der Waals surface area contributed by atoms with Crippen molar-refractivity contribution in [2.75, 3.05) is 34.9 Å². The van der Waals surface area contributed by atoms with Crippen molar-refractivity contribution in [2.45, 2.75) is 0 Å². The lowest BCUT2D eigenvalue weighted by atomic mass is 10.1. The normalized spacial score (nSPS) is 16.9. The van der Waals surface area contributed by atoms with E-state index in [1.165, 1.54) is 21.2 Å². The molecule has 27 heavy (non-hydrogen) atoms. The SMILES string of the molecule is COP(OC)C1=CC=C(P(c2ccccc2)c2ccccc2)C1CN(C)C. The number of allylic oxidation sites excluding steroid dienone is 2. The smallest absolute Gasteiger partial charge is 0.200 e. The molecular weight excluding hydrogens is 372 g/mol. The molecule has 0 fully saturated rings. The molecule has 0 heterocycles. The quantitative estimate of drug-likeness (QED) is 0.602. The zero-order chi connectivity index (χ0) is 19.2. The molecule has 0 aromatic heterocycles. The maximum atomic E-state index is 5.66. The average Bonchev–Trinajstić information content (AvgIpc) is 3.07. The van der Waals surface area contributed by atoms with E-state index in [0.29, 0.717) is 5.92 Å². The number of benzene rings is 2. The first-order chi connectivity index (χ1) is 13.2. The van der Waals surface area contributed by atoms with Gasteiger partial charge < -0.3 is 13.9 Å². The fraction of sp³-hybridized carbons (Fsp3) is 0.273. The molecule has 2 aromatic carbocycles. The van der Waals surface area contributed by atoms with Gasteiger partial charge in [-0.05, 0) is 37.9 Å². The second-order valence-electron chi connectivity index (χ2n) is 6.63. The summed E-state index contributed by atoms with van der Waals surface area (Å²) in [5.41, 5.74) is 0. The molecule has 0 N–H and O–H groups in total. The van der Waals surface area contributed by atoms with Gasteiger partial charge in [0.25, 0.3) is 0 Å². The molecule has 1 aliphatic rings. The maximum Gasteiger partial charge on any atom is 0.200 e. The Kier molecular flexibility index (Phi) is 7.35. The summed E-state index contributed by atoms with van der Waals surface area (Å²) < 4.78 is 11.3. The molecule has 0 amide bonds. The summed E-state index contributed by atoms with van der Waals surface area (Å²) in [5, 5.41) is 5.48. The van der Waals surface area contributed by atoms with Gasteiger partial charge >= 0.3 is 0 Å². The van der Waals surface area contributed by atoms with Crippen LogP contribution in [0.1, 0.15) is 0 Å². The van der Waals surface area contributed by atoms with Crippen LogP contribution in [0.15, 0.2) is 83.4 Å². The molecule has 0 radical (unpaired) electrons. The van der Waals surface area contributed by atoms with Gasteiger partial charge in [-0.2, -0.15) is 0 Å². The number of rotatable bonds is 8. The Bertz CT molecular complexity index is 747. The summed E-state index contributed by atoms with van der Waals surface area (Å²) in [4.78, 5) is 2.25. The lowest BCUT2D eigenvalue weighted by Gasteiger charge is -2.30. The zero-order valence-electron chi connectivity index (χ0n) is 16.4. The van der Waals surface area contributed by atoms with Gasteiger partial charge in [-0.3, -0.25) is 0 Å². The first kappa shape index (κ1) is 20.4. The predicted molar refractivity (Wildman–Crippen MR) is 118 cm³/mol. The largest absolute Gasteiger partial charge is 0.334 e. The summed E-state index contributed by atoms with van der Waals surface area (Å²) in [6, 6.07) is 21.7. The molecule has 5 heteroatoms. The Labute approximate surface area is 165 Å². The van der Waals surface area contributed by atoms with E-state index in [1.54, 1.807) is 14.2 Å². The highest BCUT2D eigenvalue weighted by Gasteiger charge is 2.35. The Morgan fingerprint density at radius 3 is 1.70 bits per heavy atom. The Morgan fingerprint density at radius 2 is 1.26 bits per heavy atom. The molecule has 3 nitrogen and oxygen atoms in total. The highest BCUT2D eigenvalue weighted by molar-refractivity contribution is 7.76. The van der Waals surface area contributed by atoms with Gasteiger partial charge in [0.05, 0.1) is 0 Å². The minimum atomic E-state index is -1.02. The first-order valence-corrected chi connectivity index (χ1v) is 11.5. The molecule has 3 rings (SSSR count). The van der Waals surface area contributed by atoms with Crippen molar-refractivity contribution in [3.63, 3.8) is 0 Å². The van der Waals surface area contributed by atoms with Crippen LogP contribution in [0, 0.1) is 5.92 Å². The lowest BCUT2D eigenvalue weighted by molar-refractivity contribution is 0.336. The van der Waals surface area contributed by atoms with E-state index in [2.05, 4.69) is 91.8 Å². The van der Waals surface area contributed by atoms with E-state index in [-0.39, 0.29) is 0 Å². The minimum absolute atomic E-state index is 0.303. The molecule has 1 unspecified atom stereocenters. The predicted octanol–water partition coefficient (Wildman–Crippen LogP) is 4.68. The van der Waals surface area contributed by atoms with Gasteiger partial charge in [-0.1, -0.05) is 72.8 Å². The van der Waals surface area contributed by atoms with Crippen LogP contribution < -0.4 is 10.6 Å². The van der Waals surface area contributed by atoms with Crippen LogP contribution in [-0.4, -0.2) is 39.8 Å². The van der Waals surface area contributed by atoms with Gasteiger partial charge in [0, 0.05) is 32.0 Å². The monoisotopic (exact) mass is 399 g/mol. The summed E-state index contributed by atoms with van der Waals surface area (Å²) in [5.74, 6) is 0.303. The molecule has 142 valence electrons. The van der Waals surface area contributed by atoms with Crippen molar-refractivity contribution in [3.8, 4) is 0 Å². The van der Waals surface area contributed by atoms with Gasteiger partial charge in [0.2, 0.25) is 8.38 Å². The van der Waals surface area contributed by atoms with Crippen molar-refractivity contribution < 1.29 is 9.05 Å². The van der Waals surface area contributed by atoms with Crippen LogP contribution in [0.25, 0.3) is 0 Å². The van der Waals surface area contributed by atoms with Gasteiger partial charge in [-0.25, -0.2) is 0 Å². The highest BCUT2D eigenvalue weighted by Crippen LogP contribution is 2.59. The fourth-order valence-corrected chi connectivity index (χ4v) is 7.35. The molecule has 2 aromatic rings. The average molecular weight is 399 g/mol. The zero-order valence-corrected chi connectivity index (χ0v) is 18.2. The van der Waals surface area contributed by atoms with E-state index in [9.17, 15) is 0 Å². The van der Waals surface area contributed by atoms with Crippen LogP contribution in [0.5, 0.6) is 0 Å². The van der Waals surface area contributed by atoms with Crippen LogP contribution in [0.3, 0.4) is 0 Å². The van der Waals surface area contributed by atoms with Gasteiger partial charge in [-0.15, -0.1) is 0 Å². The lowest BCUT2D eigenvalue weighted by Crippen LogP contribution is -2.25. The van der Waals surface area contributed by atoms with Crippen LogP contribution in [0.4, 0.5) is 0 Å². The van der Waals surface area contributed by atoms with Crippen molar-refractivity contribution >= 4 is 26.9 Å². The molecule has 0 bridgehead atoms. The number of hydrogen-bond acceptors (Lipinski definition) is 3. The highest BCUT2D eigenvalue weighted by atomic mass is 31.2. The second kappa shape index (κ2) is 9.73. The van der Waals surface area contributed by atoms with Gasteiger partial charge in [0.1, 0.15) is 0 Å². The third-order valence-electron chi connectivity index (χ3n) is 4.52. The third kappa shape index (κ3) is 4.74. The second-order valence-corrected chi connectivity index (χ2v) is 10.6. The Hall–Kier alpha value is -1.34. The van der Waals surface area contributed by atoms with Crippen molar-refractivity contribution in [1.82, 2.24) is 4.90 Å². The van der Waals surface area contributed by atoms with E-state index >= 15 is 0 Å². The standard InChI is InChI=1S/C22H27NO2P2/c1-23(2)17-20-21(15-16-22(20)27(24-3)25-4)26(18-11-7-5-8-12-18)19-13-9-6-10-14-19/h5-16,20H,17H2,1-4H3. The Morgan fingerprint density at radius 1 is 0.778 bits per heavy atom. The van der Waals surface area contributed by atoms with Crippen LogP contribution in [0.2, 0.25) is 0 Å². The molecule has 0 spiro atoms. The number of nitrogens with zero attached hydrogens (tertiary/aromatic N) is 1. The molecule has 1 aliphatic carbocycles.